The van der Waals surface area contributed by atoms with Crippen molar-refractivity contribution in [3.8, 4) is 0 Å². The topological polar surface area (TPSA) is 96.6 Å². The molecule has 47 heavy (non-hydrogen) atoms. The molecule has 232 valence electrons. The highest BCUT2D eigenvalue weighted by Crippen LogP contribution is 2.55. The van der Waals surface area contributed by atoms with Crippen molar-refractivity contribution in [3.63, 3.8) is 0 Å². The average molecular weight is 681 g/mol. The Balaban J connectivity index is 1.33. The molecule has 1 spiro atoms. The molecule has 12 heteroatoms. The number of carbonyl (C=O) groups excluding carboxylic acids is 2. The Kier molecular flexibility index (Phi) is 7.01. The van der Waals surface area contributed by atoms with Crippen LogP contribution in [-0.4, -0.2) is 22.0 Å². The van der Waals surface area contributed by atoms with E-state index in [1.165, 1.54) is 34.9 Å². The molecule has 0 bridgehead atoms. The van der Waals surface area contributed by atoms with Crippen molar-refractivity contribution >= 4 is 68.3 Å². The molecule has 0 saturated heterocycles. The number of hydrogen-bond donors (Lipinski definition) is 0. The average Bonchev–Trinajstić information content (AvgIpc) is 3.71. The van der Waals surface area contributed by atoms with Crippen molar-refractivity contribution in [1.82, 2.24) is 10.2 Å². The van der Waals surface area contributed by atoms with Crippen LogP contribution >= 0.6 is 34.7 Å². The summed E-state index contributed by atoms with van der Waals surface area (Å²) in [5, 5.41) is 9.19. The summed E-state index contributed by atoms with van der Waals surface area (Å²) in [6, 6.07) is 25.9. The highest BCUT2D eigenvalue weighted by molar-refractivity contribution is 8.00. The van der Waals surface area contributed by atoms with E-state index < -0.39 is 22.8 Å². The second-order valence-corrected chi connectivity index (χ2v) is 13.8. The van der Waals surface area contributed by atoms with Gasteiger partial charge in [-0.15, -0.1) is 10.2 Å². The fourth-order valence-corrected chi connectivity index (χ4v) is 8.41. The van der Waals surface area contributed by atoms with Gasteiger partial charge in [0.05, 0.1) is 23.2 Å². The number of benzene rings is 4. The van der Waals surface area contributed by atoms with Crippen LogP contribution in [0.3, 0.4) is 0 Å². The summed E-state index contributed by atoms with van der Waals surface area (Å²) in [6.45, 7) is 2.16. The van der Waals surface area contributed by atoms with Crippen LogP contribution in [0.5, 0.6) is 0 Å². The second kappa shape index (κ2) is 11.2. The van der Waals surface area contributed by atoms with E-state index in [0.29, 0.717) is 26.2 Å². The minimum atomic E-state index is -1.93. The number of amides is 2. The van der Waals surface area contributed by atoms with Gasteiger partial charge in [0.15, 0.2) is 15.3 Å². The van der Waals surface area contributed by atoms with Crippen molar-refractivity contribution in [3.05, 3.63) is 146 Å². The summed E-state index contributed by atoms with van der Waals surface area (Å²) in [5.74, 6) is -1.51. The van der Waals surface area contributed by atoms with E-state index >= 15 is 4.79 Å². The fourth-order valence-electron chi connectivity index (χ4n) is 6.36. The van der Waals surface area contributed by atoms with Crippen LogP contribution in [0.1, 0.15) is 38.4 Å². The Morgan fingerprint density at radius 1 is 0.936 bits per heavy atom. The molecule has 0 N–H and O–H groups in total. The van der Waals surface area contributed by atoms with Crippen molar-refractivity contribution in [2.24, 2.45) is 0 Å². The molecule has 1 unspecified atom stereocenters. The second-order valence-electron chi connectivity index (χ2n) is 11.2. The molecule has 8 rings (SSSR count). The van der Waals surface area contributed by atoms with Gasteiger partial charge in [0.2, 0.25) is 10.9 Å². The zero-order valence-corrected chi connectivity index (χ0v) is 27.0. The predicted octanol–water partition coefficient (Wildman–Crippen LogP) is 7.49. The summed E-state index contributed by atoms with van der Waals surface area (Å²) in [7, 11) is 0. The van der Waals surface area contributed by atoms with Crippen LogP contribution < -0.4 is 15.2 Å². The maximum Gasteiger partial charge on any atom is 0.297 e. The number of aryl methyl sites for hydroxylation is 1. The Labute approximate surface area is 280 Å². The molecule has 6 aromatic rings. The highest BCUT2D eigenvalue weighted by atomic mass is 35.5. The first-order chi connectivity index (χ1) is 22.8. The Bertz CT molecular complexity index is 2340. The number of carbonyl (C=O) groups is 2. The number of anilines is 2. The molecular weight excluding hydrogens is 659 g/mol. The van der Waals surface area contributed by atoms with E-state index in [1.807, 2.05) is 37.3 Å². The predicted molar refractivity (Wildman–Crippen MR) is 180 cm³/mol. The van der Waals surface area contributed by atoms with Gasteiger partial charge < -0.3 is 9.32 Å². The molecule has 0 fully saturated rings. The molecule has 8 nitrogen and oxygen atoms in total. The monoisotopic (exact) mass is 680 g/mol. The first kappa shape index (κ1) is 29.6. The maximum absolute atomic E-state index is 15.1. The van der Waals surface area contributed by atoms with Crippen LogP contribution in [0, 0.1) is 12.7 Å². The first-order valence-corrected chi connectivity index (χ1v) is 16.7. The molecule has 0 saturated carbocycles. The van der Waals surface area contributed by atoms with E-state index in [2.05, 4.69) is 10.2 Å². The number of nitrogens with zero attached hydrogens (tertiary/aromatic N) is 4. The number of aromatic nitrogens is 2. The van der Waals surface area contributed by atoms with E-state index in [9.17, 15) is 14.0 Å². The van der Waals surface area contributed by atoms with Crippen molar-refractivity contribution in [2.75, 3.05) is 9.80 Å². The maximum atomic E-state index is 15.1. The lowest BCUT2D eigenvalue weighted by atomic mass is 9.84. The minimum Gasteiger partial charge on any atom is -0.450 e. The fraction of sp³-hybridized carbons (Fsp3) is 0.114. The van der Waals surface area contributed by atoms with Crippen LogP contribution in [0.2, 0.25) is 5.02 Å². The van der Waals surface area contributed by atoms with Crippen molar-refractivity contribution in [2.45, 2.75) is 29.1 Å². The molecular formula is C35H22ClFN4O4S2. The molecule has 2 amide bonds. The number of rotatable bonds is 6. The Morgan fingerprint density at radius 2 is 1.68 bits per heavy atom. The smallest absolute Gasteiger partial charge is 0.297 e. The number of thioether (sulfide) groups is 1. The van der Waals surface area contributed by atoms with Crippen LogP contribution in [0.4, 0.5) is 15.2 Å². The van der Waals surface area contributed by atoms with E-state index in [1.54, 1.807) is 47.4 Å². The van der Waals surface area contributed by atoms with Gasteiger partial charge in [-0.3, -0.25) is 19.3 Å². The standard InChI is InChI=1S/C35H22ClFN4O4S2/c1-19-8-2-3-9-20(19)17-40-26-13-7-5-11-24(26)35(32(40)44)28-29(42)23-16-22(36)14-15-27(23)45-30(28)31(43)41(35)33-38-39-34(47-33)46-18-21-10-4-6-12-25(21)37/h2-16H,17-18H2,1H3. The van der Waals surface area contributed by atoms with E-state index in [-0.39, 0.29) is 45.5 Å². The van der Waals surface area contributed by atoms with Gasteiger partial charge >= 0.3 is 0 Å². The number of halogens is 2. The van der Waals surface area contributed by atoms with Gasteiger partial charge in [-0.05, 0) is 53.9 Å². The van der Waals surface area contributed by atoms with Gasteiger partial charge in [-0.25, -0.2) is 4.39 Å². The molecule has 2 aliphatic heterocycles. The summed E-state index contributed by atoms with van der Waals surface area (Å²) in [5.41, 5.74) is 0.959. The third-order valence-corrected chi connectivity index (χ3v) is 10.9. The molecule has 2 aliphatic rings. The summed E-state index contributed by atoms with van der Waals surface area (Å²) >= 11 is 8.62. The zero-order valence-electron chi connectivity index (χ0n) is 24.6. The molecule has 1 atom stereocenters. The van der Waals surface area contributed by atoms with Gasteiger partial charge in [0.25, 0.3) is 11.8 Å². The third-order valence-electron chi connectivity index (χ3n) is 8.57. The third kappa shape index (κ3) is 4.45. The van der Waals surface area contributed by atoms with Crippen molar-refractivity contribution in [1.29, 1.82) is 0 Å². The largest absolute Gasteiger partial charge is 0.450 e. The zero-order chi connectivity index (χ0) is 32.4. The summed E-state index contributed by atoms with van der Waals surface area (Å²) in [6.07, 6.45) is 0. The van der Waals surface area contributed by atoms with Crippen molar-refractivity contribution < 1.29 is 18.4 Å². The molecule has 4 heterocycles. The minimum absolute atomic E-state index is 0.0971. The van der Waals surface area contributed by atoms with E-state index in [0.717, 1.165) is 22.5 Å². The van der Waals surface area contributed by atoms with Gasteiger partial charge in [-0.2, -0.15) is 0 Å². The SMILES string of the molecule is Cc1ccccc1CN1C(=O)C2(c3ccccc31)c1c(oc3ccc(Cl)cc3c1=O)C(=O)N2c1nnc(SCc2ccccc2F)s1. The molecule has 2 aromatic heterocycles. The quantitative estimate of drug-likeness (QED) is 0.133. The number of hydrogen-bond acceptors (Lipinski definition) is 8. The van der Waals surface area contributed by atoms with E-state index in [4.69, 9.17) is 16.0 Å². The van der Waals surface area contributed by atoms with Gasteiger partial charge in [0, 0.05) is 16.3 Å². The van der Waals surface area contributed by atoms with Crippen LogP contribution in [-0.2, 0) is 22.6 Å². The van der Waals surface area contributed by atoms with Crippen LogP contribution in [0.25, 0.3) is 11.0 Å². The summed E-state index contributed by atoms with van der Waals surface area (Å²) in [4.78, 5) is 47.0. The lowest BCUT2D eigenvalue weighted by Gasteiger charge is -2.32. The van der Waals surface area contributed by atoms with Crippen LogP contribution in [0.15, 0.2) is 105 Å². The van der Waals surface area contributed by atoms with Gasteiger partial charge in [0.1, 0.15) is 11.4 Å². The molecule has 4 aromatic carbocycles. The van der Waals surface area contributed by atoms with Gasteiger partial charge in [-0.1, -0.05) is 95.4 Å². The lowest BCUT2D eigenvalue weighted by Crippen LogP contribution is -2.53. The number of para-hydroxylation sites is 1. The molecule has 0 radical (unpaired) electrons. The normalized spacial score (nSPS) is 16.8. The highest BCUT2D eigenvalue weighted by Gasteiger charge is 2.66. The lowest BCUT2D eigenvalue weighted by molar-refractivity contribution is -0.121. The number of fused-ring (bicyclic) bond motifs is 5. The Morgan fingerprint density at radius 3 is 2.49 bits per heavy atom. The first-order valence-electron chi connectivity index (χ1n) is 14.6. The summed E-state index contributed by atoms with van der Waals surface area (Å²) < 4.78 is 20.9. The Hall–Kier alpha value is -4.84. The molecule has 0 aliphatic carbocycles.